The Kier molecular flexibility index (Phi) is 8.94. The molecule has 10 heteroatoms. The zero-order chi connectivity index (χ0) is 23.8. The molecular formula is C23H23Cl2N5O2S. The lowest BCUT2D eigenvalue weighted by Crippen LogP contribution is -2.25. The standard InChI is InChI=1S/C23H23Cl2N5O2S/c1-3-11-30-20(13-26-22(32)16-9-10-17(24)18(25)12-16)28-29-23(30)33-14-21(31)27-19-8-6-5-7-15(19)4-2/h3,5-10,12H,1,4,11,13-14H2,2H3,(H,26,32)(H,27,31). The van der Waals surface area contributed by atoms with E-state index in [9.17, 15) is 9.59 Å². The lowest BCUT2D eigenvalue weighted by Gasteiger charge is -2.10. The minimum atomic E-state index is -0.315. The van der Waals surface area contributed by atoms with Gasteiger partial charge < -0.3 is 15.2 Å². The van der Waals surface area contributed by atoms with Gasteiger partial charge in [0.1, 0.15) is 0 Å². The van der Waals surface area contributed by atoms with Crippen LogP contribution in [0.15, 0.2) is 60.3 Å². The molecule has 0 saturated carbocycles. The molecule has 33 heavy (non-hydrogen) atoms. The molecule has 0 atom stereocenters. The molecule has 3 aromatic rings. The first-order chi connectivity index (χ1) is 15.9. The minimum absolute atomic E-state index is 0.136. The number of benzene rings is 2. The predicted molar refractivity (Wildman–Crippen MR) is 133 cm³/mol. The summed E-state index contributed by atoms with van der Waals surface area (Å²) in [4.78, 5) is 24.9. The van der Waals surface area contributed by atoms with Gasteiger partial charge in [0, 0.05) is 17.8 Å². The van der Waals surface area contributed by atoms with Gasteiger partial charge in [-0.15, -0.1) is 16.8 Å². The number of para-hydroxylation sites is 1. The van der Waals surface area contributed by atoms with E-state index < -0.39 is 0 Å². The fourth-order valence-corrected chi connectivity index (χ4v) is 4.10. The zero-order valence-corrected chi connectivity index (χ0v) is 20.3. The smallest absolute Gasteiger partial charge is 0.251 e. The minimum Gasteiger partial charge on any atom is -0.345 e. The monoisotopic (exact) mass is 503 g/mol. The third kappa shape index (κ3) is 6.60. The van der Waals surface area contributed by atoms with Crippen LogP contribution in [0.4, 0.5) is 5.69 Å². The molecule has 172 valence electrons. The Balaban J connectivity index is 1.62. The van der Waals surface area contributed by atoms with E-state index in [-0.39, 0.29) is 24.1 Å². The second-order valence-electron chi connectivity index (χ2n) is 6.96. The number of aromatic nitrogens is 3. The van der Waals surface area contributed by atoms with Crippen molar-refractivity contribution in [3.63, 3.8) is 0 Å². The van der Waals surface area contributed by atoms with Gasteiger partial charge in [-0.1, -0.05) is 66.2 Å². The average Bonchev–Trinajstić information content (AvgIpc) is 3.20. The van der Waals surface area contributed by atoms with Crippen LogP contribution >= 0.6 is 35.0 Å². The second kappa shape index (κ2) is 11.9. The van der Waals surface area contributed by atoms with Gasteiger partial charge in [-0.05, 0) is 36.2 Å². The molecule has 0 aliphatic rings. The van der Waals surface area contributed by atoms with E-state index in [0.717, 1.165) is 17.7 Å². The number of hydrogen-bond acceptors (Lipinski definition) is 5. The van der Waals surface area contributed by atoms with Crippen molar-refractivity contribution in [1.29, 1.82) is 0 Å². The Morgan fingerprint density at radius 3 is 2.67 bits per heavy atom. The summed E-state index contributed by atoms with van der Waals surface area (Å²) in [5.74, 6) is 0.263. The van der Waals surface area contributed by atoms with Crippen LogP contribution in [0.5, 0.6) is 0 Å². The highest BCUT2D eigenvalue weighted by molar-refractivity contribution is 7.99. The van der Waals surface area contributed by atoms with Gasteiger partial charge in [0.2, 0.25) is 5.91 Å². The van der Waals surface area contributed by atoms with Gasteiger partial charge in [-0.2, -0.15) is 0 Å². The number of halogens is 2. The molecule has 0 unspecified atom stereocenters. The summed E-state index contributed by atoms with van der Waals surface area (Å²) < 4.78 is 1.81. The van der Waals surface area contributed by atoms with Crippen LogP contribution in [-0.4, -0.2) is 32.3 Å². The van der Waals surface area contributed by atoms with Gasteiger partial charge in [-0.25, -0.2) is 0 Å². The van der Waals surface area contributed by atoms with Crippen molar-refractivity contribution in [3.05, 3.63) is 82.1 Å². The molecule has 7 nitrogen and oxygen atoms in total. The molecule has 3 rings (SSSR count). The highest BCUT2D eigenvalue weighted by atomic mass is 35.5. The highest BCUT2D eigenvalue weighted by Gasteiger charge is 2.16. The Morgan fingerprint density at radius 1 is 1.15 bits per heavy atom. The van der Waals surface area contributed by atoms with Gasteiger partial charge in [0.05, 0.1) is 22.3 Å². The number of carbonyl (C=O) groups is 2. The molecule has 0 saturated heterocycles. The van der Waals surface area contributed by atoms with Crippen molar-refractivity contribution in [2.45, 2.75) is 31.6 Å². The Morgan fingerprint density at radius 2 is 1.94 bits per heavy atom. The topological polar surface area (TPSA) is 88.9 Å². The average molecular weight is 504 g/mol. The molecule has 2 N–H and O–H groups in total. The largest absolute Gasteiger partial charge is 0.345 e. The SMILES string of the molecule is C=CCn1c(CNC(=O)c2ccc(Cl)c(Cl)c2)nnc1SCC(=O)Nc1ccccc1CC. The van der Waals surface area contributed by atoms with E-state index in [1.165, 1.54) is 17.8 Å². The maximum atomic E-state index is 12.5. The predicted octanol–water partition coefficient (Wildman–Crippen LogP) is 4.99. The summed E-state index contributed by atoms with van der Waals surface area (Å²) in [5.41, 5.74) is 2.27. The normalized spacial score (nSPS) is 10.6. The van der Waals surface area contributed by atoms with Gasteiger partial charge in [0.15, 0.2) is 11.0 Å². The number of nitrogens with zero attached hydrogens (tertiary/aromatic N) is 3. The molecule has 0 aliphatic heterocycles. The molecule has 0 bridgehead atoms. The first kappa shape index (κ1) is 24.8. The number of rotatable bonds is 10. The lowest BCUT2D eigenvalue weighted by molar-refractivity contribution is -0.113. The molecule has 0 radical (unpaired) electrons. The third-order valence-electron chi connectivity index (χ3n) is 4.70. The number of amides is 2. The summed E-state index contributed by atoms with van der Waals surface area (Å²) >= 11 is 13.2. The van der Waals surface area contributed by atoms with Gasteiger partial charge in [-0.3, -0.25) is 9.59 Å². The number of thioether (sulfide) groups is 1. The fraction of sp³-hybridized carbons (Fsp3) is 0.217. The second-order valence-corrected chi connectivity index (χ2v) is 8.71. The molecule has 0 aliphatic carbocycles. The molecule has 0 fully saturated rings. The molecule has 2 aromatic carbocycles. The van der Waals surface area contributed by atoms with E-state index >= 15 is 0 Å². The van der Waals surface area contributed by atoms with Crippen molar-refractivity contribution in [2.24, 2.45) is 0 Å². The maximum Gasteiger partial charge on any atom is 0.251 e. The van der Waals surface area contributed by atoms with Gasteiger partial charge in [0.25, 0.3) is 5.91 Å². The number of nitrogens with one attached hydrogen (secondary N) is 2. The molecule has 0 spiro atoms. The Bertz CT molecular complexity index is 1170. The summed E-state index contributed by atoms with van der Waals surface area (Å²) in [7, 11) is 0. The third-order valence-corrected chi connectivity index (χ3v) is 6.40. The molecular weight excluding hydrogens is 481 g/mol. The highest BCUT2D eigenvalue weighted by Crippen LogP contribution is 2.23. The first-order valence-corrected chi connectivity index (χ1v) is 11.9. The lowest BCUT2D eigenvalue weighted by atomic mass is 10.1. The van der Waals surface area contributed by atoms with Crippen molar-refractivity contribution >= 4 is 52.5 Å². The van der Waals surface area contributed by atoms with Crippen molar-refractivity contribution in [2.75, 3.05) is 11.1 Å². The number of allylic oxidation sites excluding steroid dienone is 1. The van der Waals surface area contributed by atoms with E-state index in [2.05, 4.69) is 27.4 Å². The quantitative estimate of drug-likeness (QED) is 0.300. The number of carbonyl (C=O) groups excluding carboxylic acids is 2. The zero-order valence-electron chi connectivity index (χ0n) is 18.0. The summed E-state index contributed by atoms with van der Waals surface area (Å²) in [6, 6.07) is 12.4. The van der Waals surface area contributed by atoms with Crippen LogP contribution in [0, 0.1) is 0 Å². The van der Waals surface area contributed by atoms with E-state index in [0.29, 0.717) is 33.1 Å². The fourth-order valence-electron chi connectivity index (χ4n) is 3.03. The van der Waals surface area contributed by atoms with Crippen molar-refractivity contribution < 1.29 is 9.59 Å². The van der Waals surface area contributed by atoms with Crippen LogP contribution in [0.25, 0.3) is 0 Å². The van der Waals surface area contributed by atoms with Crippen LogP contribution in [-0.2, 0) is 24.3 Å². The Hall–Kier alpha value is -2.81. The van der Waals surface area contributed by atoms with Crippen LogP contribution in [0.3, 0.4) is 0 Å². The van der Waals surface area contributed by atoms with Crippen LogP contribution in [0.2, 0.25) is 10.0 Å². The number of anilines is 1. The van der Waals surface area contributed by atoms with E-state index in [1.807, 2.05) is 31.2 Å². The molecule has 2 amide bonds. The number of aryl methyl sites for hydroxylation is 1. The number of hydrogen-bond donors (Lipinski definition) is 2. The van der Waals surface area contributed by atoms with Crippen molar-refractivity contribution in [3.8, 4) is 0 Å². The van der Waals surface area contributed by atoms with Gasteiger partial charge >= 0.3 is 0 Å². The van der Waals surface area contributed by atoms with Crippen LogP contribution in [0.1, 0.15) is 28.7 Å². The van der Waals surface area contributed by atoms with Crippen molar-refractivity contribution in [1.82, 2.24) is 20.1 Å². The molecule has 1 heterocycles. The van der Waals surface area contributed by atoms with E-state index in [1.54, 1.807) is 22.8 Å². The summed E-state index contributed by atoms with van der Waals surface area (Å²) in [5, 5.41) is 15.3. The summed E-state index contributed by atoms with van der Waals surface area (Å²) in [6.45, 7) is 6.40. The van der Waals surface area contributed by atoms with E-state index in [4.69, 9.17) is 23.2 Å². The molecule has 1 aromatic heterocycles. The van der Waals surface area contributed by atoms with Crippen LogP contribution < -0.4 is 10.6 Å². The maximum absolute atomic E-state index is 12.5. The first-order valence-electron chi connectivity index (χ1n) is 10.2. The summed E-state index contributed by atoms with van der Waals surface area (Å²) in [6.07, 6.45) is 2.53. The Labute approximate surface area is 206 Å².